The van der Waals surface area contributed by atoms with Gasteiger partial charge in [-0.05, 0) is 0 Å². The molecule has 0 aromatic carbocycles. The van der Waals surface area contributed by atoms with E-state index >= 15 is 0 Å². The van der Waals surface area contributed by atoms with E-state index in [0.29, 0.717) is 0 Å². The van der Waals surface area contributed by atoms with E-state index in [1.807, 2.05) is 0 Å². The smallest absolute Gasteiger partial charge is 1.00 e. The second-order valence-corrected chi connectivity index (χ2v) is 34.9. The summed E-state index contributed by atoms with van der Waals surface area (Å²) in [7, 11) is 0. The van der Waals surface area contributed by atoms with E-state index in [9.17, 15) is 0 Å². The Balaban J connectivity index is 0.00000140. The molecule has 0 N–H and O–H groups in total. The zero-order valence-corrected chi connectivity index (χ0v) is 23.9. The summed E-state index contributed by atoms with van der Waals surface area (Å²) in [6, 6.07) is 0. The quantitative estimate of drug-likeness (QED) is 0.423. The second kappa shape index (κ2) is 10.8. The number of hydrogen-bond acceptors (Lipinski definition) is 0. The minimum absolute atomic E-state index is 0. The topological polar surface area (TPSA) is 0 Å². The molecule has 0 amide bonds. The van der Waals surface area contributed by atoms with Crippen LogP contribution in [0.1, 0.15) is 39.5 Å². The third-order valence-electron chi connectivity index (χ3n) is 7.93. The van der Waals surface area contributed by atoms with Crippen LogP contribution >= 0.6 is 0 Å². The normalized spacial score (nSPS) is 39.4. The fraction of sp³-hybridized carbons (Fsp3) is 0.667. The zero-order chi connectivity index (χ0) is 18.3. The largest absolute Gasteiger partial charge is 1.00 e. The van der Waals surface area contributed by atoms with E-state index in [-0.39, 0.29) is 30.3 Å². The molecule has 28 heavy (non-hydrogen) atoms. The number of allylic oxidation sites excluding steroid dienone is 8. The van der Waals surface area contributed by atoms with Crippen molar-refractivity contribution in [2.45, 2.75) is 60.0 Å². The Hall–Kier alpha value is 0.627. The summed E-state index contributed by atoms with van der Waals surface area (Å²) < 4.78 is 2.27. The van der Waals surface area contributed by atoms with E-state index in [4.69, 9.17) is 0 Å². The van der Waals surface area contributed by atoms with Gasteiger partial charge in [0.05, 0.1) is 0 Å². The Bertz CT molecular complexity index is 637. The van der Waals surface area contributed by atoms with E-state index in [1.165, 1.54) is 25.7 Å². The summed E-state index contributed by atoms with van der Waals surface area (Å²) in [5, 5.41) is 0. The van der Waals surface area contributed by atoms with Crippen molar-refractivity contribution in [1.29, 1.82) is 0 Å². The van der Waals surface area contributed by atoms with Gasteiger partial charge in [-0.3, -0.25) is 0 Å². The predicted molar refractivity (Wildman–Crippen MR) is 112 cm³/mol. The molecule has 0 heterocycles. The summed E-state index contributed by atoms with van der Waals surface area (Å²) in [5.74, 6) is 5.61. The van der Waals surface area contributed by atoms with Crippen LogP contribution in [-0.4, -0.2) is 5.49 Å². The third-order valence-corrected chi connectivity index (χ3v) is 38.3. The van der Waals surface area contributed by atoms with Crippen LogP contribution in [0.5, 0.6) is 0 Å². The summed E-state index contributed by atoms with van der Waals surface area (Å²) in [6.07, 6.45) is 25.7. The maximum atomic E-state index is 2.72. The number of halogens is 2. The predicted octanol–water partition coefficient (Wildman–Crippen LogP) is 1.02. The Morgan fingerprint density at radius 3 is 1.46 bits per heavy atom. The van der Waals surface area contributed by atoms with Crippen LogP contribution in [0.3, 0.4) is 0 Å². The summed E-state index contributed by atoms with van der Waals surface area (Å²) in [5.41, 5.74) is -0.126. The van der Waals surface area contributed by atoms with E-state index in [1.54, 1.807) is 0 Å². The van der Waals surface area contributed by atoms with Crippen molar-refractivity contribution < 1.29 is 44.9 Å². The molecule has 0 nitrogen and oxygen atoms in total. The average Bonchev–Trinajstić information content (AvgIpc) is 3.21. The van der Waals surface area contributed by atoms with Crippen molar-refractivity contribution in [3.63, 3.8) is 0 Å². The molecule has 2 fully saturated rings. The average molecular weight is 602 g/mol. The van der Waals surface area contributed by atoms with Crippen molar-refractivity contribution >= 4 is 5.49 Å². The Labute approximate surface area is 193 Å². The first-order chi connectivity index (χ1) is 12.7. The van der Waals surface area contributed by atoms with E-state index < -0.39 is 20.1 Å². The summed E-state index contributed by atoms with van der Waals surface area (Å²) >= 11 is -1.77. The Morgan fingerprint density at radius 1 is 0.714 bits per heavy atom. The number of hydrogen-bond donors (Lipinski definition) is 0. The fourth-order valence-electron chi connectivity index (χ4n) is 6.86. The first-order valence-corrected chi connectivity index (χ1v) is 23.1. The van der Waals surface area contributed by atoms with Crippen LogP contribution in [0.4, 0.5) is 0 Å². The third kappa shape index (κ3) is 4.46. The van der Waals surface area contributed by atoms with E-state index in [0.717, 1.165) is 42.9 Å². The van der Waals surface area contributed by atoms with Gasteiger partial charge in [0.25, 0.3) is 0 Å². The molecule has 8 unspecified atom stereocenters. The Kier molecular flexibility index (Phi) is 9.58. The first kappa shape index (κ1) is 24.9. The monoisotopic (exact) mass is 602 g/mol. The molecule has 0 spiro atoms. The van der Waals surface area contributed by atoms with Crippen LogP contribution < -0.4 is 24.8 Å². The molecule has 0 bridgehead atoms. The molecule has 0 aromatic rings. The molecule has 4 aliphatic rings. The molecule has 4 rings (SSSR count). The van der Waals surface area contributed by atoms with Gasteiger partial charge in [-0.15, -0.1) is 0 Å². The molecule has 0 aliphatic heterocycles. The van der Waals surface area contributed by atoms with Crippen molar-refractivity contribution in [1.82, 2.24) is 0 Å². The van der Waals surface area contributed by atoms with Gasteiger partial charge in [-0.1, -0.05) is 0 Å². The van der Waals surface area contributed by atoms with Gasteiger partial charge < -0.3 is 24.8 Å². The minimum atomic E-state index is -1.77. The second-order valence-electron chi connectivity index (χ2n) is 9.34. The molecular weight excluding hydrogens is 566 g/mol. The summed E-state index contributed by atoms with van der Waals surface area (Å²) in [4.78, 5) is 0. The summed E-state index contributed by atoms with van der Waals surface area (Å²) in [6.45, 7) is 10.4. The van der Waals surface area contributed by atoms with Gasteiger partial charge in [-0.2, -0.15) is 0 Å². The van der Waals surface area contributed by atoms with Gasteiger partial charge in [0.1, 0.15) is 0 Å². The van der Waals surface area contributed by atoms with Crippen molar-refractivity contribution in [2.75, 3.05) is 0 Å². The standard InChI is InChI=1S/2C11H15.C2H6Si.2ClH.Hf/c2*1-2-9-7-10-5-3-4-6-11(10)8-9;1-3-2;;;/h2*3-7,9-11H,2,8H2,1H3;1-2H3;2*1H;/q;;;;;+2/p-2. The van der Waals surface area contributed by atoms with Crippen LogP contribution in [0, 0.1) is 35.5 Å². The molecule has 0 aromatic heterocycles. The zero-order valence-electron chi connectivity index (χ0n) is 17.8. The Morgan fingerprint density at radius 2 is 1.11 bits per heavy atom. The van der Waals surface area contributed by atoms with Gasteiger partial charge in [0.15, 0.2) is 0 Å². The molecule has 8 atom stereocenters. The fourth-order valence-corrected chi connectivity index (χ4v) is 43.0. The van der Waals surface area contributed by atoms with Gasteiger partial charge in [-0.25, -0.2) is 0 Å². The first-order valence-electron chi connectivity index (χ1n) is 11.0. The van der Waals surface area contributed by atoms with Crippen LogP contribution in [0.15, 0.2) is 48.6 Å². The van der Waals surface area contributed by atoms with Crippen molar-refractivity contribution in [3.05, 3.63) is 48.6 Å². The molecule has 0 saturated heterocycles. The molecule has 0 radical (unpaired) electrons. The number of fused-ring (bicyclic) bond motifs is 2. The molecule has 154 valence electrons. The molecule has 4 aliphatic carbocycles. The van der Waals surface area contributed by atoms with Crippen molar-refractivity contribution in [3.8, 4) is 0 Å². The van der Waals surface area contributed by atoms with Gasteiger partial charge >= 0.3 is 170 Å². The van der Waals surface area contributed by atoms with Crippen LogP contribution in [-0.2, 0) is 20.1 Å². The van der Waals surface area contributed by atoms with Crippen molar-refractivity contribution in [2.24, 2.45) is 35.5 Å². The molecule has 4 heteroatoms. The maximum absolute atomic E-state index is 2.72. The van der Waals surface area contributed by atoms with Crippen LogP contribution in [0.25, 0.3) is 0 Å². The van der Waals surface area contributed by atoms with Gasteiger partial charge in [0.2, 0.25) is 0 Å². The van der Waals surface area contributed by atoms with Gasteiger partial charge in [0, 0.05) is 0 Å². The molecule has 2 saturated carbocycles. The molecular formula is C24H36Cl2HfSi. The maximum Gasteiger partial charge on any atom is -1.00 e. The SMILES string of the molecule is CCC1CC2C=CC=CC2[CH]1[Hf+2]([CH]1C(CC)CC2C=CC=CC21)=[Si](C)C.[Cl-].[Cl-]. The van der Waals surface area contributed by atoms with Crippen LogP contribution in [0.2, 0.25) is 20.4 Å². The number of rotatable bonds is 4. The van der Waals surface area contributed by atoms with E-state index in [2.05, 4.69) is 75.5 Å². The minimum Gasteiger partial charge on any atom is -1.00 e.